The number of aromatic nitrogens is 1. The highest BCUT2D eigenvalue weighted by Gasteiger charge is 2.12. The summed E-state index contributed by atoms with van der Waals surface area (Å²) in [7, 11) is 0. The largest absolute Gasteiger partial charge is 0.467 e. The molecule has 0 unspecified atom stereocenters. The maximum Gasteiger partial charge on any atom is 0.270 e. The van der Waals surface area contributed by atoms with Gasteiger partial charge in [0.25, 0.3) is 5.69 Å². The zero-order valence-electron chi connectivity index (χ0n) is 11.7. The number of hydrogen-bond donors (Lipinski definition) is 1. The van der Waals surface area contributed by atoms with E-state index < -0.39 is 4.92 Å². The molecule has 2 aromatic heterocycles. The van der Waals surface area contributed by atoms with Gasteiger partial charge >= 0.3 is 0 Å². The molecule has 0 aliphatic carbocycles. The van der Waals surface area contributed by atoms with Crippen molar-refractivity contribution in [3.8, 4) is 0 Å². The van der Waals surface area contributed by atoms with Gasteiger partial charge in [-0.25, -0.2) is 4.98 Å². The number of nitro groups is 1. The van der Waals surface area contributed by atoms with Crippen molar-refractivity contribution in [2.75, 3.05) is 5.75 Å². The molecule has 1 N–H and O–H groups in total. The molecule has 0 aliphatic rings. The highest BCUT2D eigenvalue weighted by molar-refractivity contribution is 8.01. The Morgan fingerprint density at radius 1 is 1.43 bits per heavy atom. The molecule has 9 heteroatoms. The molecule has 0 atom stereocenters. The van der Waals surface area contributed by atoms with Crippen molar-refractivity contribution in [2.45, 2.75) is 10.9 Å². The van der Waals surface area contributed by atoms with E-state index in [1.54, 1.807) is 24.5 Å². The van der Waals surface area contributed by atoms with Crippen LogP contribution in [0.2, 0.25) is 0 Å². The van der Waals surface area contributed by atoms with Crippen LogP contribution in [0.5, 0.6) is 0 Å². The van der Waals surface area contributed by atoms with Crippen molar-refractivity contribution in [2.24, 2.45) is 0 Å². The molecule has 0 fully saturated rings. The lowest BCUT2D eigenvalue weighted by Crippen LogP contribution is -2.24. The number of rotatable bonds is 6. The predicted molar refractivity (Wildman–Crippen MR) is 87.6 cm³/mol. The number of nitro benzene ring substituents is 1. The first-order valence-corrected chi connectivity index (χ1v) is 8.39. The molecule has 0 bridgehead atoms. The molecule has 1 aromatic carbocycles. The Morgan fingerprint density at radius 3 is 3.04 bits per heavy atom. The summed E-state index contributed by atoms with van der Waals surface area (Å²) in [6, 6.07) is 8.08. The lowest BCUT2D eigenvalue weighted by molar-refractivity contribution is -0.384. The molecule has 0 aliphatic heterocycles. The van der Waals surface area contributed by atoms with Crippen molar-refractivity contribution in [3.05, 3.63) is 52.5 Å². The van der Waals surface area contributed by atoms with Gasteiger partial charge in [0.05, 0.1) is 33.7 Å². The summed E-state index contributed by atoms with van der Waals surface area (Å²) in [5.41, 5.74) is 0.730. The van der Waals surface area contributed by atoms with Gasteiger partial charge in [0.1, 0.15) is 5.76 Å². The number of carbonyl (C=O) groups is 1. The molecular weight excluding hydrogens is 338 g/mol. The summed E-state index contributed by atoms with van der Waals surface area (Å²) in [5.74, 6) is 0.787. The van der Waals surface area contributed by atoms with E-state index in [-0.39, 0.29) is 17.3 Å². The number of thiazole rings is 1. The summed E-state index contributed by atoms with van der Waals surface area (Å²) in [6.07, 6.45) is 1.55. The summed E-state index contributed by atoms with van der Waals surface area (Å²) in [6.45, 7) is 0.346. The second kappa shape index (κ2) is 6.80. The van der Waals surface area contributed by atoms with Gasteiger partial charge in [-0.05, 0) is 18.2 Å². The molecular formula is C14H11N3O4S2. The third-order valence-corrected chi connectivity index (χ3v) is 5.09. The predicted octanol–water partition coefficient (Wildman–Crippen LogP) is 3.21. The number of amides is 1. The highest BCUT2D eigenvalue weighted by atomic mass is 32.2. The third-order valence-electron chi connectivity index (χ3n) is 2.93. The first-order valence-electron chi connectivity index (χ1n) is 6.59. The average Bonchev–Trinajstić information content (AvgIpc) is 3.18. The van der Waals surface area contributed by atoms with Gasteiger partial charge in [0.15, 0.2) is 4.34 Å². The van der Waals surface area contributed by atoms with Gasteiger partial charge in [-0.1, -0.05) is 11.8 Å². The van der Waals surface area contributed by atoms with E-state index in [1.165, 1.54) is 35.2 Å². The number of carbonyl (C=O) groups excluding carboxylic acids is 1. The molecule has 3 rings (SSSR count). The van der Waals surface area contributed by atoms with Gasteiger partial charge in [0, 0.05) is 12.1 Å². The minimum Gasteiger partial charge on any atom is -0.467 e. The Labute approximate surface area is 138 Å². The van der Waals surface area contributed by atoms with Crippen molar-refractivity contribution >= 4 is 44.9 Å². The first kappa shape index (κ1) is 15.5. The second-order valence-corrected chi connectivity index (χ2v) is 6.79. The number of thioether (sulfide) groups is 1. The molecule has 2 heterocycles. The number of nitrogens with zero attached hydrogens (tertiary/aromatic N) is 2. The van der Waals surface area contributed by atoms with Crippen LogP contribution in [0.25, 0.3) is 10.2 Å². The van der Waals surface area contributed by atoms with Crippen LogP contribution in [0, 0.1) is 10.1 Å². The van der Waals surface area contributed by atoms with E-state index in [9.17, 15) is 14.9 Å². The lowest BCUT2D eigenvalue weighted by atomic mass is 10.3. The Balaban J connectivity index is 1.58. The fraction of sp³-hybridized carbons (Fsp3) is 0.143. The van der Waals surface area contributed by atoms with Crippen LogP contribution in [0.1, 0.15) is 5.76 Å². The molecule has 0 radical (unpaired) electrons. The average molecular weight is 349 g/mol. The fourth-order valence-electron chi connectivity index (χ4n) is 1.84. The lowest BCUT2D eigenvalue weighted by Gasteiger charge is -2.01. The highest BCUT2D eigenvalue weighted by Crippen LogP contribution is 2.31. The quantitative estimate of drug-likeness (QED) is 0.417. The maximum absolute atomic E-state index is 11.8. The van der Waals surface area contributed by atoms with Crippen LogP contribution in [-0.2, 0) is 11.3 Å². The Bertz CT molecular complexity index is 845. The SMILES string of the molecule is O=C(CSc1nc2ccc([N+](=O)[O-])cc2s1)NCc1ccco1. The number of non-ortho nitro benzene ring substituents is 1. The number of nitrogens with one attached hydrogen (secondary N) is 1. The Kier molecular flexibility index (Phi) is 4.58. The molecule has 0 spiro atoms. The van der Waals surface area contributed by atoms with Crippen molar-refractivity contribution in [1.82, 2.24) is 10.3 Å². The van der Waals surface area contributed by atoms with E-state index in [0.717, 1.165) is 4.70 Å². The zero-order chi connectivity index (χ0) is 16.2. The standard InChI is InChI=1S/C14H11N3O4S2/c18-13(15-7-10-2-1-5-21-10)8-22-14-16-11-4-3-9(17(19)20)6-12(11)23-14/h1-6H,7-8H2,(H,15,18). The van der Waals surface area contributed by atoms with Crippen LogP contribution in [0.15, 0.2) is 45.4 Å². The minimum atomic E-state index is -0.436. The molecule has 7 nitrogen and oxygen atoms in total. The Hall–Kier alpha value is -2.39. The molecule has 0 saturated heterocycles. The fourth-order valence-corrected chi connectivity index (χ4v) is 3.78. The van der Waals surface area contributed by atoms with Gasteiger partial charge < -0.3 is 9.73 Å². The van der Waals surface area contributed by atoms with E-state index in [4.69, 9.17) is 4.42 Å². The van der Waals surface area contributed by atoms with Crippen molar-refractivity contribution in [1.29, 1.82) is 0 Å². The molecule has 118 valence electrons. The number of hydrogen-bond acceptors (Lipinski definition) is 7. The first-order chi connectivity index (χ1) is 11.1. The van der Waals surface area contributed by atoms with E-state index in [0.29, 0.717) is 22.2 Å². The van der Waals surface area contributed by atoms with Gasteiger partial charge in [-0.3, -0.25) is 14.9 Å². The number of benzene rings is 1. The molecule has 23 heavy (non-hydrogen) atoms. The number of fused-ring (bicyclic) bond motifs is 1. The monoisotopic (exact) mass is 349 g/mol. The normalized spacial score (nSPS) is 10.8. The van der Waals surface area contributed by atoms with Crippen LogP contribution in [0.4, 0.5) is 5.69 Å². The third kappa shape index (κ3) is 3.88. The number of furan rings is 1. The topological polar surface area (TPSA) is 98.3 Å². The van der Waals surface area contributed by atoms with Gasteiger partial charge in [-0.2, -0.15) is 0 Å². The summed E-state index contributed by atoms with van der Waals surface area (Å²) in [5, 5.41) is 13.5. The van der Waals surface area contributed by atoms with Crippen LogP contribution >= 0.6 is 23.1 Å². The smallest absolute Gasteiger partial charge is 0.270 e. The summed E-state index contributed by atoms with van der Waals surface area (Å²) >= 11 is 2.64. The Morgan fingerprint density at radius 2 is 2.30 bits per heavy atom. The van der Waals surface area contributed by atoms with Crippen molar-refractivity contribution < 1.29 is 14.1 Å². The molecule has 1 amide bonds. The van der Waals surface area contributed by atoms with Crippen LogP contribution in [-0.4, -0.2) is 21.6 Å². The minimum absolute atomic E-state index is 0.0360. The summed E-state index contributed by atoms with van der Waals surface area (Å²) in [4.78, 5) is 26.5. The van der Waals surface area contributed by atoms with E-state index in [2.05, 4.69) is 10.3 Å². The zero-order valence-corrected chi connectivity index (χ0v) is 13.4. The molecule has 0 saturated carbocycles. The van der Waals surface area contributed by atoms with Gasteiger partial charge in [-0.15, -0.1) is 11.3 Å². The molecule has 3 aromatic rings. The maximum atomic E-state index is 11.8. The van der Waals surface area contributed by atoms with Crippen molar-refractivity contribution in [3.63, 3.8) is 0 Å². The van der Waals surface area contributed by atoms with Gasteiger partial charge in [0.2, 0.25) is 5.91 Å². The van der Waals surface area contributed by atoms with Crippen LogP contribution in [0.3, 0.4) is 0 Å². The van der Waals surface area contributed by atoms with Crippen LogP contribution < -0.4 is 5.32 Å². The van der Waals surface area contributed by atoms with E-state index >= 15 is 0 Å². The van der Waals surface area contributed by atoms with E-state index in [1.807, 2.05) is 0 Å². The summed E-state index contributed by atoms with van der Waals surface area (Å²) < 4.78 is 6.57. The second-order valence-electron chi connectivity index (χ2n) is 4.53.